The van der Waals surface area contributed by atoms with E-state index in [1.807, 2.05) is 0 Å². The summed E-state index contributed by atoms with van der Waals surface area (Å²) < 4.78 is 43.3. The Morgan fingerprint density at radius 3 is 2.78 bits per heavy atom. The fourth-order valence-corrected chi connectivity index (χ4v) is 2.76. The van der Waals surface area contributed by atoms with Crippen molar-refractivity contribution in [2.24, 2.45) is 0 Å². The van der Waals surface area contributed by atoms with Gasteiger partial charge in [-0.15, -0.1) is 0 Å². The molecule has 0 aliphatic carbocycles. The van der Waals surface area contributed by atoms with Gasteiger partial charge in [-0.05, 0) is 6.07 Å². The largest absolute Gasteiger partial charge is 0.431 e. The fourth-order valence-electron chi connectivity index (χ4n) is 2.76. The third kappa shape index (κ3) is 2.96. The summed E-state index contributed by atoms with van der Waals surface area (Å²) in [5, 5.41) is 0. The summed E-state index contributed by atoms with van der Waals surface area (Å²) in [6.45, 7) is 0.299. The second kappa shape index (κ2) is 5.73. The fraction of sp³-hybridized carbons (Fsp3) is 0.429. The summed E-state index contributed by atoms with van der Waals surface area (Å²) in [6.07, 6.45) is 0.109. The molecule has 1 saturated heterocycles. The Bertz CT molecular complexity index is 681. The van der Waals surface area contributed by atoms with Crippen LogP contribution in [0.2, 0.25) is 0 Å². The first-order chi connectivity index (χ1) is 10.9. The highest BCUT2D eigenvalue weighted by atomic mass is 19.4. The molecule has 1 amide bonds. The Balaban J connectivity index is 1.86. The predicted octanol–water partition coefficient (Wildman–Crippen LogP) is 2.36. The normalized spacial score (nSPS) is 21.8. The molecular weight excluding hydrogens is 313 g/mol. The lowest BCUT2D eigenvalue weighted by Gasteiger charge is -2.22. The second-order valence-corrected chi connectivity index (χ2v) is 5.34. The Kier molecular flexibility index (Phi) is 3.88. The van der Waals surface area contributed by atoms with E-state index < -0.39 is 17.8 Å². The molecule has 2 aromatic heterocycles. The molecule has 1 aliphatic rings. The monoisotopic (exact) mass is 328 g/mol. The third-order valence-corrected chi connectivity index (χ3v) is 3.93. The van der Waals surface area contributed by atoms with Crippen LogP contribution in [-0.2, 0) is 10.9 Å². The van der Waals surface area contributed by atoms with Crippen molar-refractivity contribution < 1.29 is 22.7 Å². The van der Waals surface area contributed by atoms with E-state index in [4.69, 9.17) is 4.74 Å². The van der Waals surface area contributed by atoms with E-state index in [0.717, 1.165) is 12.3 Å². The minimum Gasteiger partial charge on any atom is -0.380 e. The number of aromatic nitrogens is 3. The van der Waals surface area contributed by atoms with Crippen LogP contribution in [0.5, 0.6) is 0 Å². The van der Waals surface area contributed by atoms with Gasteiger partial charge >= 0.3 is 6.18 Å². The molecule has 6 nitrogen and oxygen atoms in total. The van der Waals surface area contributed by atoms with Crippen molar-refractivity contribution in [2.45, 2.75) is 24.7 Å². The molecule has 2 atom stereocenters. The Hall–Kier alpha value is -2.29. The molecule has 124 valence electrons. The molecule has 2 N–H and O–H groups in total. The molecule has 0 spiro atoms. The molecule has 2 aromatic rings. The van der Waals surface area contributed by atoms with Gasteiger partial charge in [-0.3, -0.25) is 4.79 Å². The number of aromatic amines is 2. The van der Waals surface area contributed by atoms with Crippen molar-refractivity contribution in [3.05, 3.63) is 41.7 Å². The number of alkyl halides is 3. The van der Waals surface area contributed by atoms with E-state index in [1.165, 1.54) is 12.0 Å². The molecule has 1 unspecified atom stereocenters. The number of hydrogen-bond donors (Lipinski definition) is 2. The lowest BCUT2D eigenvalue weighted by Crippen LogP contribution is -2.32. The van der Waals surface area contributed by atoms with Crippen LogP contribution in [0.3, 0.4) is 0 Å². The number of carbonyl (C=O) groups is 1. The number of carbonyl (C=O) groups excluding carboxylic acids is 1. The number of H-pyrrole nitrogens is 2. The number of nitrogens with one attached hydrogen (secondary N) is 2. The number of nitrogens with zero attached hydrogens (tertiary/aromatic N) is 2. The molecule has 0 bridgehead atoms. The molecule has 3 rings (SSSR count). The molecule has 9 heteroatoms. The second-order valence-electron chi connectivity index (χ2n) is 5.34. The van der Waals surface area contributed by atoms with Crippen molar-refractivity contribution in [1.82, 2.24) is 19.9 Å². The number of rotatable bonds is 3. The number of likely N-dealkylation sites (tertiary alicyclic amines) is 1. The van der Waals surface area contributed by atoms with Crippen LogP contribution < -0.4 is 0 Å². The van der Waals surface area contributed by atoms with Gasteiger partial charge in [0, 0.05) is 38.7 Å². The smallest absolute Gasteiger partial charge is 0.380 e. The molecule has 0 radical (unpaired) electrons. The lowest BCUT2D eigenvalue weighted by atomic mass is 10.1. The van der Waals surface area contributed by atoms with Crippen molar-refractivity contribution in [3.8, 4) is 0 Å². The minimum absolute atomic E-state index is 0.0364. The zero-order valence-electron chi connectivity index (χ0n) is 12.2. The molecule has 3 heterocycles. The zero-order valence-corrected chi connectivity index (χ0v) is 12.2. The van der Waals surface area contributed by atoms with Crippen molar-refractivity contribution in [1.29, 1.82) is 0 Å². The predicted molar refractivity (Wildman–Crippen MR) is 73.6 cm³/mol. The highest BCUT2D eigenvalue weighted by Gasteiger charge is 2.39. The van der Waals surface area contributed by atoms with E-state index >= 15 is 0 Å². The standard InChI is InChI=1S/C14H15F3N4O2/c1-23-9-5-10(12-18-2-3-19-12)21(7-9)13(22)8-4-11(20-6-8)14(15,16)17/h2-4,6,9-10,20H,5,7H2,1H3,(H,18,19)/t9-,10?/m1/s1. The zero-order chi connectivity index (χ0) is 16.6. The van der Waals surface area contributed by atoms with Gasteiger partial charge in [0.1, 0.15) is 11.5 Å². The number of hydrogen-bond acceptors (Lipinski definition) is 3. The summed E-state index contributed by atoms with van der Waals surface area (Å²) in [4.78, 5) is 23.3. The van der Waals surface area contributed by atoms with Crippen molar-refractivity contribution in [3.63, 3.8) is 0 Å². The molecule has 0 aromatic carbocycles. The first-order valence-electron chi connectivity index (χ1n) is 6.98. The van der Waals surface area contributed by atoms with Gasteiger partial charge < -0.3 is 19.6 Å². The Morgan fingerprint density at radius 1 is 1.43 bits per heavy atom. The Labute approximate surface area is 129 Å². The maximum atomic E-state index is 12.7. The summed E-state index contributed by atoms with van der Waals surface area (Å²) >= 11 is 0. The van der Waals surface area contributed by atoms with Gasteiger partial charge in [0.2, 0.25) is 0 Å². The summed E-state index contributed by atoms with van der Waals surface area (Å²) in [5.74, 6) is 0.0992. The maximum Gasteiger partial charge on any atom is 0.431 e. The Morgan fingerprint density at radius 2 is 2.22 bits per heavy atom. The number of amides is 1. The SMILES string of the molecule is CO[C@@H]1CC(c2ncc[nH]2)N(C(=O)c2c[nH]c(C(F)(F)F)c2)C1. The number of imidazole rings is 1. The third-order valence-electron chi connectivity index (χ3n) is 3.93. The van der Waals surface area contributed by atoms with Gasteiger partial charge in [-0.25, -0.2) is 4.98 Å². The van der Waals surface area contributed by atoms with Crippen LogP contribution in [-0.4, -0.2) is 45.5 Å². The molecule has 23 heavy (non-hydrogen) atoms. The average molecular weight is 328 g/mol. The van der Waals surface area contributed by atoms with Crippen LogP contribution in [0.1, 0.15) is 34.3 Å². The number of ether oxygens (including phenoxy) is 1. The molecular formula is C14H15F3N4O2. The van der Waals surface area contributed by atoms with E-state index in [-0.39, 0.29) is 17.7 Å². The first kappa shape index (κ1) is 15.6. The highest BCUT2D eigenvalue weighted by molar-refractivity contribution is 5.94. The quantitative estimate of drug-likeness (QED) is 0.908. The lowest BCUT2D eigenvalue weighted by molar-refractivity contribution is -0.140. The van der Waals surface area contributed by atoms with E-state index in [0.29, 0.717) is 18.8 Å². The van der Waals surface area contributed by atoms with Crippen LogP contribution >= 0.6 is 0 Å². The maximum absolute atomic E-state index is 12.7. The van der Waals surface area contributed by atoms with E-state index in [2.05, 4.69) is 15.0 Å². The minimum atomic E-state index is -4.51. The molecule has 0 saturated carbocycles. The molecule has 1 fully saturated rings. The van der Waals surface area contributed by atoms with Gasteiger partial charge in [0.25, 0.3) is 5.91 Å². The highest BCUT2D eigenvalue weighted by Crippen LogP contribution is 2.34. The average Bonchev–Trinajstić information content (AvgIpc) is 3.23. The van der Waals surface area contributed by atoms with Gasteiger partial charge in [-0.1, -0.05) is 0 Å². The summed E-state index contributed by atoms with van der Waals surface area (Å²) in [7, 11) is 1.54. The van der Waals surface area contributed by atoms with Crippen LogP contribution in [0.4, 0.5) is 13.2 Å². The van der Waals surface area contributed by atoms with Gasteiger partial charge in [-0.2, -0.15) is 13.2 Å². The number of methoxy groups -OCH3 is 1. The van der Waals surface area contributed by atoms with Crippen molar-refractivity contribution in [2.75, 3.05) is 13.7 Å². The topological polar surface area (TPSA) is 74.0 Å². The first-order valence-corrected chi connectivity index (χ1v) is 6.98. The van der Waals surface area contributed by atoms with Crippen LogP contribution in [0, 0.1) is 0 Å². The van der Waals surface area contributed by atoms with Crippen LogP contribution in [0.15, 0.2) is 24.7 Å². The summed E-state index contributed by atoms with van der Waals surface area (Å²) in [6, 6.07) is 0.466. The van der Waals surface area contributed by atoms with E-state index in [1.54, 1.807) is 12.4 Å². The van der Waals surface area contributed by atoms with Gasteiger partial charge in [0.15, 0.2) is 0 Å². The van der Waals surface area contributed by atoms with E-state index in [9.17, 15) is 18.0 Å². The molecule has 1 aliphatic heterocycles. The van der Waals surface area contributed by atoms with Gasteiger partial charge in [0.05, 0.1) is 17.7 Å². The van der Waals surface area contributed by atoms with Crippen molar-refractivity contribution >= 4 is 5.91 Å². The number of halogens is 3. The summed E-state index contributed by atoms with van der Waals surface area (Å²) in [5.41, 5.74) is -0.983. The van der Waals surface area contributed by atoms with Crippen LogP contribution in [0.25, 0.3) is 0 Å².